The summed E-state index contributed by atoms with van der Waals surface area (Å²) in [6, 6.07) is 8.93. The molecule has 1 aromatic carbocycles. The molecule has 3 atom stereocenters. The van der Waals surface area contributed by atoms with Crippen LogP contribution in [0, 0.1) is 11.8 Å². The highest BCUT2D eigenvalue weighted by Gasteiger charge is 2.52. The first-order valence-corrected chi connectivity index (χ1v) is 4.46. The SMILES string of the molecule is CC1C2Cc3ccccc3C12. The Morgan fingerprint density at radius 1 is 1.27 bits per heavy atom. The molecular weight excluding hydrogens is 132 g/mol. The van der Waals surface area contributed by atoms with E-state index < -0.39 is 0 Å². The van der Waals surface area contributed by atoms with E-state index in [-0.39, 0.29) is 0 Å². The van der Waals surface area contributed by atoms with E-state index in [9.17, 15) is 0 Å². The molecule has 0 bridgehead atoms. The Bertz CT molecular complexity index is 301. The van der Waals surface area contributed by atoms with Crippen LogP contribution < -0.4 is 0 Å². The predicted molar refractivity (Wildman–Crippen MR) is 45.5 cm³/mol. The molecule has 0 amide bonds. The molecule has 1 saturated carbocycles. The van der Waals surface area contributed by atoms with Gasteiger partial charge in [0.2, 0.25) is 0 Å². The van der Waals surface area contributed by atoms with Gasteiger partial charge in [-0.3, -0.25) is 0 Å². The van der Waals surface area contributed by atoms with E-state index in [2.05, 4.69) is 31.2 Å². The first-order chi connectivity index (χ1) is 5.38. The number of rotatable bonds is 0. The van der Waals surface area contributed by atoms with Crippen LogP contribution in [-0.4, -0.2) is 0 Å². The molecule has 0 N–H and O–H groups in total. The Morgan fingerprint density at radius 2 is 2.09 bits per heavy atom. The van der Waals surface area contributed by atoms with E-state index in [0.717, 1.165) is 17.8 Å². The Balaban J connectivity index is 2.13. The molecule has 0 saturated heterocycles. The summed E-state index contributed by atoms with van der Waals surface area (Å²) in [5.41, 5.74) is 3.26. The van der Waals surface area contributed by atoms with Gasteiger partial charge in [-0.2, -0.15) is 0 Å². The maximum atomic E-state index is 2.38. The van der Waals surface area contributed by atoms with Gasteiger partial charge in [0.05, 0.1) is 0 Å². The second-order valence-electron chi connectivity index (χ2n) is 3.95. The number of fused-ring (bicyclic) bond motifs is 3. The average Bonchev–Trinajstić information content (AvgIpc) is 2.55. The van der Waals surface area contributed by atoms with Crippen LogP contribution in [-0.2, 0) is 6.42 Å². The number of hydrogen-bond acceptors (Lipinski definition) is 0. The minimum absolute atomic E-state index is 0.936. The van der Waals surface area contributed by atoms with E-state index >= 15 is 0 Å². The second-order valence-corrected chi connectivity index (χ2v) is 3.95. The molecule has 11 heavy (non-hydrogen) atoms. The summed E-state index contributed by atoms with van der Waals surface area (Å²) < 4.78 is 0. The molecule has 0 aliphatic heterocycles. The highest BCUT2D eigenvalue weighted by Crippen LogP contribution is 2.60. The van der Waals surface area contributed by atoms with Gasteiger partial charge in [-0.25, -0.2) is 0 Å². The summed E-state index contributed by atoms with van der Waals surface area (Å²) in [5.74, 6) is 2.92. The van der Waals surface area contributed by atoms with Crippen LogP contribution >= 0.6 is 0 Å². The van der Waals surface area contributed by atoms with Crippen molar-refractivity contribution >= 4 is 0 Å². The molecule has 0 aromatic heterocycles. The van der Waals surface area contributed by atoms with Crippen molar-refractivity contribution in [1.82, 2.24) is 0 Å². The summed E-state index contributed by atoms with van der Waals surface area (Å²) >= 11 is 0. The molecular formula is C11H12. The fourth-order valence-corrected chi connectivity index (χ4v) is 2.67. The van der Waals surface area contributed by atoms with Crippen molar-refractivity contribution in [2.24, 2.45) is 11.8 Å². The van der Waals surface area contributed by atoms with Crippen LogP contribution in [0.15, 0.2) is 24.3 Å². The summed E-state index contributed by atoms with van der Waals surface area (Å²) in [7, 11) is 0. The lowest BCUT2D eigenvalue weighted by Gasteiger charge is -2.02. The van der Waals surface area contributed by atoms with Gasteiger partial charge < -0.3 is 0 Å². The molecule has 0 nitrogen and oxygen atoms in total. The summed E-state index contributed by atoms with van der Waals surface area (Å²) in [4.78, 5) is 0. The van der Waals surface area contributed by atoms with Gasteiger partial charge in [0, 0.05) is 0 Å². The average molecular weight is 144 g/mol. The van der Waals surface area contributed by atoms with Crippen LogP contribution in [0.5, 0.6) is 0 Å². The molecule has 56 valence electrons. The zero-order valence-corrected chi connectivity index (χ0v) is 6.75. The third kappa shape index (κ3) is 0.604. The van der Waals surface area contributed by atoms with Crippen molar-refractivity contribution in [3.63, 3.8) is 0 Å². The second kappa shape index (κ2) is 1.69. The zero-order valence-electron chi connectivity index (χ0n) is 6.75. The van der Waals surface area contributed by atoms with Crippen LogP contribution in [0.2, 0.25) is 0 Å². The van der Waals surface area contributed by atoms with Crippen LogP contribution in [0.1, 0.15) is 24.0 Å². The fraction of sp³-hybridized carbons (Fsp3) is 0.455. The van der Waals surface area contributed by atoms with Gasteiger partial charge in [0.1, 0.15) is 0 Å². The summed E-state index contributed by atoms with van der Waals surface area (Å²) in [6.07, 6.45) is 1.35. The van der Waals surface area contributed by atoms with Gasteiger partial charge in [0.15, 0.2) is 0 Å². The Hall–Kier alpha value is -0.780. The van der Waals surface area contributed by atoms with E-state index in [1.54, 1.807) is 11.1 Å². The van der Waals surface area contributed by atoms with Gasteiger partial charge in [-0.05, 0) is 35.3 Å². The molecule has 1 aromatic rings. The summed E-state index contributed by atoms with van der Waals surface area (Å²) in [5, 5.41) is 0. The van der Waals surface area contributed by atoms with Crippen molar-refractivity contribution < 1.29 is 0 Å². The molecule has 1 fully saturated rings. The largest absolute Gasteiger partial charge is 0.0620 e. The van der Waals surface area contributed by atoms with E-state index in [4.69, 9.17) is 0 Å². The zero-order chi connectivity index (χ0) is 7.42. The van der Waals surface area contributed by atoms with Gasteiger partial charge in [0.25, 0.3) is 0 Å². The minimum Gasteiger partial charge on any atom is -0.0620 e. The molecule has 0 spiro atoms. The van der Waals surface area contributed by atoms with Gasteiger partial charge >= 0.3 is 0 Å². The van der Waals surface area contributed by atoms with Crippen LogP contribution in [0.3, 0.4) is 0 Å². The Morgan fingerprint density at radius 3 is 3.00 bits per heavy atom. The maximum Gasteiger partial charge on any atom is -0.00963 e. The van der Waals surface area contributed by atoms with Crippen molar-refractivity contribution in [1.29, 1.82) is 0 Å². The van der Waals surface area contributed by atoms with E-state index in [1.807, 2.05) is 0 Å². The maximum absolute atomic E-state index is 2.38. The third-order valence-corrected chi connectivity index (χ3v) is 3.43. The lowest BCUT2D eigenvalue weighted by molar-refractivity contribution is 0.752. The first kappa shape index (κ1) is 5.82. The monoisotopic (exact) mass is 144 g/mol. The molecule has 3 rings (SSSR count). The normalized spacial score (nSPS) is 38.1. The Kier molecular flexibility index (Phi) is 0.892. The van der Waals surface area contributed by atoms with Crippen molar-refractivity contribution in [2.45, 2.75) is 19.3 Å². The first-order valence-electron chi connectivity index (χ1n) is 4.46. The highest BCUT2D eigenvalue weighted by molar-refractivity contribution is 5.42. The molecule has 2 aliphatic carbocycles. The van der Waals surface area contributed by atoms with Gasteiger partial charge in [-0.15, -0.1) is 0 Å². The molecule has 0 heteroatoms. The van der Waals surface area contributed by atoms with Crippen LogP contribution in [0.25, 0.3) is 0 Å². The Labute approximate surface area is 67.2 Å². The standard InChI is InChI=1S/C11H12/c1-7-10-6-8-4-2-3-5-9(8)11(7)10/h2-5,7,10-11H,6H2,1H3. The van der Waals surface area contributed by atoms with E-state index in [0.29, 0.717) is 0 Å². The smallest absolute Gasteiger partial charge is 0.00963 e. The minimum atomic E-state index is 0.936. The lowest BCUT2D eigenvalue weighted by atomic mass is 10.0. The van der Waals surface area contributed by atoms with E-state index in [1.165, 1.54) is 6.42 Å². The molecule has 0 radical (unpaired) electrons. The van der Waals surface area contributed by atoms with Crippen molar-refractivity contribution in [3.05, 3.63) is 35.4 Å². The lowest BCUT2D eigenvalue weighted by Crippen LogP contribution is -1.89. The fourth-order valence-electron chi connectivity index (χ4n) is 2.67. The molecule has 2 aliphatic rings. The third-order valence-electron chi connectivity index (χ3n) is 3.43. The topological polar surface area (TPSA) is 0 Å². The quantitative estimate of drug-likeness (QED) is 0.525. The van der Waals surface area contributed by atoms with Crippen molar-refractivity contribution in [3.8, 4) is 0 Å². The number of benzene rings is 1. The molecule has 0 heterocycles. The highest BCUT2D eigenvalue weighted by atomic mass is 14.6. The van der Waals surface area contributed by atoms with Crippen LogP contribution in [0.4, 0.5) is 0 Å². The van der Waals surface area contributed by atoms with Gasteiger partial charge in [-0.1, -0.05) is 31.2 Å². The van der Waals surface area contributed by atoms with Crippen molar-refractivity contribution in [2.75, 3.05) is 0 Å². The predicted octanol–water partition coefficient (Wildman–Crippen LogP) is 2.59. The summed E-state index contributed by atoms with van der Waals surface area (Å²) in [6.45, 7) is 2.38. The number of hydrogen-bond donors (Lipinski definition) is 0. The molecule has 3 unspecified atom stereocenters.